The minimum atomic E-state index is -0.559. The van der Waals surface area contributed by atoms with Crippen LogP contribution in [0.2, 0.25) is 5.28 Å². The van der Waals surface area contributed by atoms with Gasteiger partial charge in [-0.05, 0) is 50.6 Å². The smallest absolute Gasteiger partial charge is 0.410 e. The zero-order valence-electron chi connectivity index (χ0n) is 15.2. The van der Waals surface area contributed by atoms with Crippen molar-refractivity contribution in [3.63, 3.8) is 0 Å². The molecule has 0 bridgehead atoms. The van der Waals surface area contributed by atoms with Crippen LogP contribution in [0.25, 0.3) is 10.9 Å². The van der Waals surface area contributed by atoms with Crippen molar-refractivity contribution in [2.45, 2.75) is 39.5 Å². The second-order valence-corrected chi connectivity index (χ2v) is 7.74. The number of benzene rings is 1. The molecule has 1 aliphatic heterocycles. The Morgan fingerprint density at radius 2 is 2.11 bits per heavy atom. The molecule has 0 saturated heterocycles. The van der Waals surface area contributed by atoms with E-state index in [-0.39, 0.29) is 11.4 Å². The van der Waals surface area contributed by atoms with E-state index in [1.54, 1.807) is 11.1 Å². The van der Waals surface area contributed by atoms with E-state index < -0.39 is 5.60 Å². The topological polar surface area (TPSA) is 96.0 Å². The maximum absolute atomic E-state index is 12.4. The molecular weight excluding hydrogens is 368 g/mol. The van der Waals surface area contributed by atoms with Gasteiger partial charge in [0.15, 0.2) is 0 Å². The predicted octanol–water partition coefficient (Wildman–Crippen LogP) is 4.00. The number of nitrogens with one attached hydrogen (secondary N) is 2. The summed E-state index contributed by atoms with van der Waals surface area (Å²) in [4.78, 5) is 22.6. The molecule has 1 aromatic carbocycles. The standard InChI is InChI=1S/C18H19ClN6O2/c1-18(2,3)27-17(26)25-8-12-14(9-25)22-16(19)23-15(12)21-11-4-5-13-10(6-11)7-20-24-13/h4-7H,8-9H2,1-3H3,(H,20,24)(H,21,22,23). The lowest BCUT2D eigenvalue weighted by atomic mass is 10.2. The quantitative estimate of drug-likeness (QED) is 0.646. The summed E-state index contributed by atoms with van der Waals surface area (Å²) in [7, 11) is 0. The molecule has 0 aliphatic carbocycles. The third-order valence-electron chi connectivity index (χ3n) is 4.11. The summed E-state index contributed by atoms with van der Waals surface area (Å²) in [5.74, 6) is 0.582. The zero-order valence-corrected chi connectivity index (χ0v) is 16.0. The molecule has 0 saturated carbocycles. The number of rotatable bonds is 2. The molecule has 4 rings (SSSR count). The summed E-state index contributed by atoms with van der Waals surface area (Å²) < 4.78 is 5.46. The van der Waals surface area contributed by atoms with Crippen molar-refractivity contribution in [2.75, 3.05) is 5.32 Å². The van der Waals surface area contributed by atoms with Crippen LogP contribution in [-0.4, -0.2) is 36.8 Å². The van der Waals surface area contributed by atoms with Gasteiger partial charge in [-0.15, -0.1) is 0 Å². The van der Waals surface area contributed by atoms with Crippen LogP contribution >= 0.6 is 11.6 Å². The molecule has 8 nitrogen and oxygen atoms in total. The molecule has 2 N–H and O–H groups in total. The van der Waals surface area contributed by atoms with Gasteiger partial charge in [0.1, 0.15) is 11.4 Å². The minimum Gasteiger partial charge on any atom is -0.444 e. The third kappa shape index (κ3) is 3.66. The average molecular weight is 387 g/mol. The number of carbonyl (C=O) groups is 1. The van der Waals surface area contributed by atoms with E-state index in [9.17, 15) is 4.79 Å². The van der Waals surface area contributed by atoms with Crippen molar-refractivity contribution in [3.8, 4) is 0 Å². The highest BCUT2D eigenvalue weighted by molar-refractivity contribution is 6.28. The zero-order chi connectivity index (χ0) is 19.2. The first-order valence-electron chi connectivity index (χ1n) is 8.52. The van der Waals surface area contributed by atoms with Crippen LogP contribution < -0.4 is 5.32 Å². The summed E-state index contributed by atoms with van der Waals surface area (Å²) in [6, 6.07) is 5.81. The highest BCUT2D eigenvalue weighted by Crippen LogP contribution is 2.31. The maximum atomic E-state index is 12.4. The number of ether oxygens (including phenoxy) is 1. The first kappa shape index (κ1) is 17.5. The Labute approximate surface area is 160 Å². The van der Waals surface area contributed by atoms with Crippen molar-refractivity contribution in [1.82, 2.24) is 25.1 Å². The van der Waals surface area contributed by atoms with Gasteiger partial charge in [0.2, 0.25) is 5.28 Å². The van der Waals surface area contributed by atoms with E-state index >= 15 is 0 Å². The molecule has 1 amide bonds. The van der Waals surface area contributed by atoms with Crippen LogP contribution in [0.1, 0.15) is 32.0 Å². The molecule has 0 spiro atoms. The van der Waals surface area contributed by atoms with Crippen LogP contribution in [0, 0.1) is 0 Å². The molecule has 3 aromatic rings. The van der Waals surface area contributed by atoms with Gasteiger partial charge >= 0.3 is 6.09 Å². The molecule has 9 heteroatoms. The number of hydrogen-bond acceptors (Lipinski definition) is 6. The second-order valence-electron chi connectivity index (χ2n) is 7.40. The Balaban J connectivity index is 1.60. The summed E-state index contributed by atoms with van der Waals surface area (Å²) in [6.45, 7) is 6.21. The number of anilines is 2. The fourth-order valence-electron chi connectivity index (χ4n) is 2.94. The van der Waals surface area contributed by atoms with Gasteiger partial charge in [0, 0.05) is 16.6 Å². The monoisotopic (exact) mass is 386 g/mol. The number of amides is 1. The Bertz CT molecular complexity index is 1030. The van der Waals surface area contributed by atoms with E-state index in [1.165, 1.54) is 0 Å². The Morgan fingerprint density at radius 1 is 1.30 bits per heavy atom. The molecular formula is C18H19ClN6O2. The lowest BCUT2D eigenvalue weighted by molar-refractivity contribution is 0.0241. The lowest BCUT2D eigenvalue weighted by Gasteiger charge is -2.24. The van der Waals surface area contributed by atoms with E-state index in [1.807, 2.05) is 39.0 Å². The lowest BCUT2D eigenvalue weighted by Crippen LogP contribution is -2.33. The van der Waals surface area contributed by atoms with Gasteiger partial charge in [-0.1, -0.05) is 0 Å². The number of aromatic nitrogens is 4. The molecule has 0 radical (unpaired) electrons. The van der Waals surface area contributed by atoms with Crippen molar-refractivity contribution in [3.05, 3.63) is 40.9 Å². The van der Waals surface area contributed by atoms with E-state index in [2.05, 4.69) is 25.5 Å². The van der Waals surface area contributed by atoms with Crippen LogP contribution in [0.15, 0.2) is 24.4 Å². The molecule has 3 heterocycles. The summed E-state index contributed by atoms with van der Waals surface area (Å²) in [5, 5.41) is 11.3. The number of fused-ring (bicyclic) bond motifs is 2. The average Bonchev–Trinajstić information content (AvgIpc) is 3.19. The Hall–Kier alpha value is -2.87. The van der Waals surface area contributed by atoms with Gasteiger partial charge in [0.25, 0.3) is 0 Å². The third-order valence-corrected chi connectivity index (χ3v) is 4.28. The first-order valence-corrected chi connectivity index (χ1v) is 8.90. The number of nitrogens with zero attached hydrogens (tertiary/aromatic N) is 4. The predicted molar refractivity (Wildman–Crippen MR) is 102 cm³/mol. The number of H-pyrrole nitrogens is 1. The Kier molecular flexibility index (Phi) is 4.15. The molecule has 0 fully saturated rings. The summed E-state index contributed by atoms with van der Waals surface area (Å²) in [6.07, 6.45) is 1.37. The SMILES string of the molecule is CC(C)(C)OC(=O)N1Cc2nc(Cl)nc(Nc3ccc4[nH]ncc4c3)c2C1. The Morgan fingerprint density at radius 3 is 2.89 bits per heavy atom. The number of halogens is 1. The van der Waals surface area contributed by atoms with Crippen molar-refractivity contribution >= 4 is 40.1 Å². The minimum absolute atomic E-state index is 0.131. The maximum Gasteiger partial charge on any atom is 0.410 e. The first-order chi connectivity index (χ1) is 12.8. The molecule has 2 aromatic heterocycles. The molecule has 140 valence electrons. The fourth-order valence-corrected chi connectivity index (χ4v) is 3.13. The highest BCUT2D eigenvalue weighted by atomic mass is 35.5. The van der Waals surface area contributed by atoms with Crippen molar-refractivity contribution in [2.24, 2.45) is 0 Å². The summed E-state index contributed by atoms with van der Waals surface area (Å²) >= 11 is 6.09. The van der Waals surface area contributed by atoms with Gasteiger partial charge in [-0.25, -0.2) is 14.8 Å². The van der Waals surface area contributed by atoms with E-state index in [0.717, 1.165) is 22.2 Å². The summed E-state index contributed by atoms with van der Waals surface area (Å²) in [5.41, 5.74) is 2.78. The van der Waals surface area contributed by atoms with E-state index in [0.29, 0.717) is 24.6 Å². The largest absolute Gasteiger partial charge is 0.444 e. The van der Waals surface area contributed by atoms with Crippen LogP contribution in [-0.2, 0) is 17.8 Å². The van der Waals surface area contributed by atoms with Gasteiger partial charge in [-0.3, -0.25) is 10.00 Å². The van der Waals surface area contributed by atoms with Crippen LogP contribution in [0.3, 0.4) is 0 Å². The molecule has 0 atom stereocenters. The second kappa shape index (κ2) is 6.38. The molecule has 1 aliphatic rings. The number of aromatic amines is 1. The van der Waals surface area contributed by atoms with Crippen LogP contribution in [0.4, 0.5) is 16.3 Å². The molecule has 0 unspecified atom stereocenters. The van der Waals surface area contributed by atoms with E-state index in [4.69, 9.17) is 16.3 Å². The van der Waals surface area contributed by atoms with Crippen LogP contribution in [0.5, 0.6) is 0 Å². The van der Waals surface area contributed by atoms with Gasteiger partial charge < -0.3 is 10.1 Å². The fraction of sp³-hybridized carbons (Fsp3) is 0.333. The normalized spacial score (nSPS) is 13.7. The number of hydrogen-bond donors (Lipinski definition) is 2. The molecule has 27 heavy (non-hydrogen) atoms. The van der Waals surface area contributed by atoms with Crippen molar-refractivity contribution < 1.29 is 9.53 Å². The highest BCUT2D eigenvalue weighted by Gasteiger charge is 2.31. The van der Waals surface area contributed by atoms with Gasteiger partial charge in [-0.2, -0.15) is 5.10 Å². The number of carbonyl (C=O) groups excluding carboxylic acids is 1. The van der Waals surface area contributed by atoms with Crippen molar-refractivity contribution in [1.29, 1.82) is 0 Å². The van der Waals surface area contributed by atoms with Gasteiger partial charge in [0.05, 0.1) is 30.5 Å².